The molecule has 6 saturated carbocycles. The summed E-state index contributed by atoms with van der Waals surface area (Å²) in [5, 5.41) is 0. The standard InChI is InChI=1S/C72H106O6/c1-47(2)15-13-17-49(5)61-31-33-63-59-29-23-53-45-57(35-39-69(53,7)65(59)37-41-71(61,63)9)77-67(73)51-19-25-55(26-20-51)75-43-11-12-44-76-56-27-21-52(22-28-56)68(74)78-58-36-40-70(8)54(46-58)24-30-60-64-34-32-62(50(6)18-14-16-48(3)4)72(64,10)42-38-66(60)70/h19-28,47-50,57-66H,11-18,29-46H2,1-10H3/t49-,50-,57?,58?,59+,60+,61-,62-,63+,64+,65+,66+,69+,70+,71-,72-/m1/s1. The fraction of sp³-hybridized carbons (Fsp3) is 0.750. The van der Waals surface area contributed by atoms with Gasteiger partial charge in [0.05, 0.1) is 24.3 Å². The van der Waals surface area contributed by atoms with Crippen molar-refractivity contribution in [3.05, 3.63) is 83.0 Å². The van der Waals surface area contributed by atoms with Gasteiger partial charge in [-0.3, -0.25) is 0 Å². The van der Waals surface area contributed by atoms with Crippen molar-refractivity contribution in [2.45, 2.75) is 236 Å². The second kappa shape index (κ2) is 24.1. The lowest BCUT2D eigenvalue weighted by Crippen LogP contribution is -2.51. The normalized spacial score (nSPS) is 36.6. The Morgan fingerprint density at radius 2 is 0.872 bits per heavy atom. The number of benzene rings is 2. The first-order valence-electron chi connectivity index (χ1n) is 32.7. The van der Waals surface area contributed by atoms with E-state index in [-0.39, 0.29) is 35.0 Å². The molecule has 8 aliphatic rings. The molecule has 0 N–H and O–H groups in total. The van der Waals surface area contributed by atoms with Gasteiger partial charge < -0.3 is 18.9 Å². The highest BCUT2D eigenvalue weighted by Crippen LogP contribution is 2.69. The number of fused-ring (bicyclic) bond motifs is 10. The van der Waals surface area contributed by atoms with Crippen LogP contribution in [-0.2, 0) is 9.47 Å². The van der Waals surface area contributed by atoms with Crippen LogP contribution in [0.5, 0.6) is 11.5 Å². The molecule has 0 bridgehead atoms. The van der Waals surface area contributed by atoms with Crippen molar-refractivity contribution >= 4 is 11.9 Å². The van der Waals surface area contributed by atoms with Gasteiger partial charge in [0, 0.05) is 12.8 Å². The third-order valence-electron chi connectivity index (χ3n) is 24.3. The third kappa shape index (κ3) is 11.7. The SMILES string of the molecule is CC(C)CCC[C@@H](C)[C@H]1CC[C@H]2[C@@H]3CC=C4CC(OC(=O)c5ccc(OCCCCOc6ccc(C(=O)OC7CC[C@@]8(C)C(=CC[C@H]9[C@@H]%10CC[C@H]([C@H](C)CCCC(C)C)[C@@]%10(C)CC[C@@H]98)C7)cc6)cc5)CC[C@]4(C)[C@H]3CC[C@]12C. The molecule has 6 heteroatoms. The fourth-order valence-electron chi connectivity index (χ4n) is 19.9. The lowest BCUT2D eigenvalue weighted by atomic mass is 9.47. The summed E-state index contributed by atoms with van der Waals surface area (Å²) in [4.78, 5) is 26.9. The molecular formula is C72H106O6. The lowest BCUT2D eigenvalue weighted by Gasteiger charge is -2.58. The second-order valence-electron chi connectivity index (χ2n) is 29.6. The molecule has 2 aromatic rings. The van der Waals surface area contributed by atoms with E-state index in [2.05, 4.69) is 81.4 Å². The highest BCUT2D eigenvalue weighted by atomic mass is 16.5. The summed E-state index contributed by atoms with van der Waals surface area (Å²) in [6, 6.07) is 14.9. The number of esters is 2. The number of hydrogen-bond acceptors (Lipinski definition) is 6. The summed E-state index contributed by atoms with van der Waals surface area (Å²) in [5.41, 5.74) is 5.77. The zero-order valence-electron chi connectivity index (χ0n) is 50.7. The Balaban J connectivity index is 0.614. The molecule has 0 saturated heterocycles. The Kier molecular flexibility index (Phi) is 17.8. The minimum absolute atomic E-state index is 0.0589. The van der Waals surface area contributed by atoms with Crippen molar-refractivity contribution in [3.8, 4) is 11.5 Å². The van der Waals surface area contributed by atoms with Crippen LogP contribution in [0.1, 0.15) is 244 Å². The Bertz CT molecular complexity index is 2250. The summed E-state index contributed by atoms with van der Waals surface area (Å²) in [7, 11) is 0. The topological polar surface area (TPSA) is 71.1 Å². The molecule has 0 radical (unpaired) electrons. The predicted octanol–water partition coefficient (Wildman–Crippen LogP) is 19.1. The molecule has 430 valence electrons. The maximum atomic E-state index is 13.5. The number of carbonyl (C=O) groups is 2. The molecular weight excluding hydrogens is 961 g/mol. The van der Waals surface area contributed by atoms with Crippen molar-refractivity contribution in [3.63, 3.8) is 0 Å². The first kappa shape index (κ1) is 57.7. The average molecular weight is 1070 g/mol. The van der Waals surface area contributed by atoms with Gasteiger partial charge in [0.2, 0.25) is 0 Å². The fourth-order valence-corrected chi connectivity index (χ4v) is 19.9. The summed E-state index contributed by atoms with van der Waals surface area (Å²) < 4.78 is 24.6. The van der Waals surface area contributed by atoms with Crippen LogP contribution in [0.15, 0.2) is 71.8 Å². The number of rotatable bonds is 21. The van der Waals surface area contributed by atoms with Crippen LogP contribution >= 0.6 is 0 Å². The van der Waals surface area contributed by atoms with E-state index in [0.717, 1.165) is 134 Å². The summed E-state index contributed by atoms with van der Waals surface area (Å²) >= 11 is 0. The van der Waals surface area contributed by atoms with Gasteiger partial charge in [-0.2, -0.15) is 0 Å². The van der Waals surface area contributed by atoms with Crippen LogP contribution in [0.4, 0.5) is 0 Å². The van der Waals surface area contributed by atoms with Crippen molar-refractivity contribution in [1.29, 1.82) is 0 Å². The number of unbranched alkanes of at least 4 members (excludes halogenated alkanes) is 1. The van der Waals surface area contributed by atoms with Gasteiger partial charge in [-0.15, -0.1) is 0 Å². The molecule has 8 aliphatic carbocycles. The molecule has 0 aliphatic heterocycles. The second-order valence-corrected chi connectivity index (χ2v) is 29.6. The van der Waals surface area contributed by atoms with E-state index < -0.39 is 0 Å². The molecule has 16 atom stereocenters. The maximum absolute atomic E-state index is 13.5. The van der Waals surface area contributed by atoms with E-state index in [1.807, 2.05) is 48.5 Å². The van der Waals surface area contributed by atoms with Gasteiger partial charge in [0.1, 0.15) is 23.7 Å². The minimum atomic E-state index is -0.230. The summed E-state index contributed by atoms with van der Waals surface area (Å²) in [5.74, 6) is 11.0. The van der Waals surface area contributed by atoms with E-state index in [1.165, 1.54) is 103 Å². The van der Waals surface area contributed by atoms with Gasteiger partial charge in [-0.05, 0) is 244 Å². The Labute approximate surface area is 474 Å². The average Bonchev–Trinajstić information content (AvgIpc) is 4.15. The van der Waals surface area contributed by atoms with Gasteiger partial charge in [-0.1, -0.05) is 131 Å². The van der Waals surface area contributed by atoms with Crippen LogP contribution in [-0.4, -0.2) is 37.4 Å². The summed E-state index contributed by atoms with van der Waals surface area (Å²) in [6.45, 7) is 26.2. The van der Waals surface area contributed by atoms with E-state index in [4.69, 9.17) is 18.9 Å². The molecule has 0 spiro atoms. The van der Waals surface area contributed by atoms with Crippen molar-refractivity contribution < 1.29 is 28.5 Å². The Morgan fingerprint density at radius 1 is 0.474 bits per heavy atom. The quantitative estimate of drug-likeness (QED) is 0.0705. The molecule has 10 rings (SSSR count). The molecule has 0 aromatic heterocycles. The number of ether oxygens (including phenoxy) is 4. The van der Waals surface area contributed by atoms with Gasteiger partial charge in [0.25, 0.3) is 0 Å². The van der Waals surface area contributed by atoms with Gasteiger partial charge in [-0.25, -0.2) is 9.59 Å². The first-order chi connectivity index (χ1) is 37.4. The van der Waals surface area contributed by atoms with Crippen molar-refractivity contribution in [1.82, 2.24) is 0 Å². The maximum Gasteiger partial charge on any atom is 0.338 e. The van der Waals surface area contributed by atoms with E-state index >= 15 is 0 Å². The van der Waals surface area contributed by atoms with E-state index in [1.54, 1.807) is 11.1 Å². The molecule has 78 heavy (non-hydrogen) atoms. The number of allylic oxidation sites excluding steroid dienone is 2. The Hall–Kier alpha value is -3.54. The van der Waals surface area contributed by atoms with Crippen molar-refractivity contribution in [2.24, 2.45) is 92.7 Å². The van der Waals surface area contributed by atoms with Crippen LogP contribution < -0.4 is 9.47 Å². The largest absolute Gasteiger partial charge is 0.494 e. The molecule has 2 unspecified atom stereocenters. The van der Waals surface area contributed by atoms with Crippen LogP contribution in [0.25, 0.3) is 0 Å². The molecule has 6 nitrogen and oxygen atoms in total. The van der Waals surface area contributed by atoms with Crippen molar-refractivity contribution in [2.75, 3.05) is 13.2 Å². The highest BCUT2D eigenvalue weighted by Gasteiger charge is 2.61. The minimum Gasteiger partial charge on any atom is -0.494 e. The number of hydrogen-bond donors (Lipinski definition) is 0. The van der Waals surface area contributed by atoms with E-state index in [0.29, 0.717) is 35.2 Å². The number of carbonyl (C=O) groups excluding carboxylic acids is 2. The zero-order valence-corrected chi connectivity index (χ0v) is 50.7. The Morgan fingerprint density at radius 3 is 1.26 bits per heavy atom. The predicted molar refractivity (Wildman–Crippen MR) is 318 cm³/mol. The molecule has 6 fully saturated rings. The smallest absolute Gasteiger partial charge is 0.338 e. The summed E-state index contributed by atoms with van der Waals surface area (Å²) in [6.07, 6.45) is 34.6. The molecule has 2 aromatic carbocycles. The monoisotopic (exact) mass is 1070 g/mol. The van der Waals surface area contributed by atoms with Crippen LogP contribution in [0, 0.1) is 92.7 Å². The van der Waals surface area contributed by atoms with Crippen LogP contribution in [0.3, 0.4) is 0 Å². The lowest BCUT2D eigenvalue weighted by molar-refractivity contribution is -0.0594. The van der Waals surface area contributed by atoms with Gasteiger partial charge >= 0.3 is 11.9 Å². The molecule has 0 heterocycles. The van der Waals surface area contributed by atoms with E-state index in [9.17, 15) is 9.59 Å². The molecule has 0 amide bonds. The van der Waals surface area contributed by atoms with Gasteiger partial charge in [0.15, 0.2) is 0 Å². The highest BCUT2D eigenvalue weighted by molar-refractivity contribution is 5.90. The third-order valence-corrected chi connectivity index (χ3v) is 24.3. The first-order valence-corrected chi connectivity index (χ1v) is 32.7. The zero-order chi connectivity index (χ0) is 55.0. The van der Waals surface area contributed by atoms with Crippen LogP contribution in [0.2, 0.25) is 0 Å².